The van der Waals surface area contributed by atoms with Crippen LogP contribution >= 0.6 is 7.44 Å². The van der Waals surface area contributed by atoms with Crippen LogP contribution in [-0.4, -0.2) is 40.7 Å². The van der Waals surface area contributed by atoms with Gasteiger partial charge in [-0.05, 0) is 20.3 Å². The van der Waals surface area contributed by atoms with Crippen LogP contribution in [0.3, 0.4) is 0 Å². The van der Waals surface area contributed by atoms with E-state index in [1.807, 2.05) is 0 Å². The predicted octanol–water partition coefficient (Wildman–Crippen LogP) is 3.95. The first kappa shape index (κ1) is 14.6. The Kier molecular flexibility index (Phi) is 4.91. The van der Waals surface area contributed by atoms with E-state index in [9.17, 15) is 4.57 Å². The first-order valence-corrected chi connectivity index (χ1v) is 9.52. The Morgan fingerprint density at radius 2 is 1.39 bits per heavy atom. The molecule has 0 aromatic rings. The summed E-state index contributed by atoms with van der Waals surface area (Å²) in [4.78, 5) is 0. The Bertz CT molecular complexity index is 301. The lowest BCUT2D eigenvalue weighted by atomic mass is 10.1. The van der Waals surface area contributed by atoms with Crippen LogP contribution in [0.2, 0.25) is 0 Å². The van der Waals surface area contributed by atoms with Gasteiger partial charge < -0.3 is 0 Å². The summed E-state index contributed by atoms with van der Waals surface area (Å²) >= 11 is 0. The van der Waals surface area contributed by atoms with Gasteiger partial charge in [-0.1, -0.05) is 39.0 Å². The number of unbranched alkanes of at least 4 members (excludes halogenated alkanes) is 5. The second-order valence-electron chi connectivity index (χ2n) is 6.10. The molecule has 0 radical (unpaired) electrons. The molecule has 0 aromatic heterocycles. The monoisotopic (exact) mass is 272 g/mol. The summed E-state index contributed by atoms with van der Waals surface area (Å²) in [5.41, 5.74) is 0. The van der Waals surface area contributed by atoms with Gasteiger partial charge in [-0.15, -0.1) is 0 Å². The van der Waals surface area contributed by atoms with E-state index >= 15 is 0 Å². The maximum absolute atomic E-state index is 13.1. The molecule has 3 nitrogen and oxygen atoms in total. The standard InChI is InChI=1S/C14H29N2OP/c1-4-5-6-7-8-9-10-18(17,15-11-13(15)2)16-12-14(16)3/h13-14H,4-12H2,1-3H3. The molecular weight excluding hydrogens is 243 g/mol. The summed E-state index contributed by atoms with van der Waals surface area (Å²) in [6.45, 7) is 8.74. The van der Waals surface area contributed by atoms with E-state index in [1.165, 1.54) is 32.1 Å². The first-order chi connectivity index (χ1) is 8.59. The zero-order chi connectivity index (χ0) is 13.2. The van der Waals surface area contributed by atoms with Crippen LogP contribution in [0.1, 0.15) is 59.3 Å². The van der Waals surface area contributed by atoms with Crippen molar-refractivity contribution in [3.8, 4) is 0 Å². The molecule has 0 saturated carbocycles. The molecule has 106 valence electrons. The Morgan fingerprint density at radius 3 is 1.83 bits per heavy atom. The SMILES string of the molecule is CCCCCCCCP(=O)(N1CC1C)N1CC1C. The zero-order valence-electron chi connectivity index (χ0n) is 12.3. The Balaban J connectivity index is 1.72. The molecule has 2 rings (SSSR count). The van der Waals surface area contributed by atoms with Crippen LogP contribution in [0.4, 0.5) is 0 Å². The molecule has 2 fully saturated rings. The fourth-order valence-electron chi connectivity index (χ4n) is 2.82. The largest absolute Gasteiger partial charge is 0.289 e. The van der Waals surface area contributed by atoms with Crippen molar-refractivity contribution in [2.24, 2.45) is 0 Å². The van der Waals surface area contributed by atoms with E-state index in [1.54, 1.807) is 0 Å². The van der Waals surface area contributed by atoms with Gasteiger partial charge in [0.05, 0.1) is 0 Å². The van der Waals surface area contributed by atoms with Crippen molar-refractivity contribution < 1.29 is 4.57 Å². The van der Waals surface area contributed by atoms with Gasteiger partial charge in [0.1, 0.15) is 0 Å². The molecule has 0 amide bonds. The molecule has 0 bridgehead atoms. The average molecular weight is 272 g/mol. The molecular formula is C14H29N2OP. The number of hydrogen-bond acceptors (Lipinski definition) is 1. The molecule has 0 spiro atoms. The molecule has 4 heteroatoms. The lowest BCUT2D eigenvalue weighted by Crippen LogP contribution is -2.11. The molecule has 0 aliphatic carbocycles. The first-order valence-electron chi connectivity index (χ1n) is 7.73. The van der Waals surface area contributed by atoms with Crippen LogP contribution in [0.25, 0.3) is 0 Å². The van der Waals surface area contributed by atoms with Crippen LogP contribution in [0.5, 0.6) is 0 Å². The van der Waals surface area contributed by atoms with E-state index in [4.69, 9.17) is 0 Å². The Labute approximate surface area is 112 Å². The molecule has 4 unspecified atom stereocenters. The lowest BCUT2D eigenvalue weighted by molar-refractivity contribution is 0.499. The van der Waals surface area contributed by atoms with Crippen molar-refractivity contribution >= 4 is 7.44 Å². The molecule has 4 atom stereocenters. The van der Waals surface area contributed by atoms with E-state index in [-0.39, 0.29) is 0 Å². The zero-order valence-corrected chi connectivity index (χ0v) is 13.2. The summed E-state index contributed by atoms with van der Waals surface area (Å²) in [6.07, 6.45) is 8.65. The summed E-state index contributed by atoms with van der Waals surface area (Å²) < 4.78 is 17.6. The highest BCUT2D eigenvalue weighted by Gasteiger charge is 2.53. The van der Waals surface area contributed by atoms with Crippen LogP contribution in [-0.2, 0) is 4.57 Å². The van der Waals surface area contributed by atoms with Crippen molar-refractivity contribution in [2.75, 3.05) is 19.3 Å². The molecule has 2 heterocycles. The fourth-order valence-corrected chi connectivity index (χ4v) is 6.48. The second kappa shape index (κ2) is 6.07. The van der Waals surface area contributed by atoms with E-state index in [0.29, 0.717) is 12.1 Å². The average Bonchev–Trinajstić information content (AvgIpc) is 3.22. The summed E-state index contributed by atoms with van der Waals surface area (Å²) in [5.74, 6) is 0. The smallest absolute Gasteiger partial charge is 0.217 e. The van der Waals surface area contributed by atoms with Crippen molar-refractivity contribution in [2.45, 2.75) is 71.4 Å². The normalized spacial score (nSPS) is 37.3. The van der Waals surface area contributed by atoms with Crippen LogP contribution < -0.4 is 0 Å². The highest BCUT2D eigenvalue weighted by Crippen LogP contribution is 2.64. The van der Waals surface area contributed by atoms with Crippen molar-refractivity contribution in [1.82, 2.24) is 9.34 Å². The molecule has 0 N–H and O–H groups in total. The molecule has 2 aliphatic rings. The van der Waals surface area contributed by atoms with Gasteiger partial charge in [0.25, 0.3) is 0 Å². The second-order valence-corrected chi connectivity index (χ2v) is 8.90. The molecule has 2 saturated heterocycles. The van der Waals surface area contributed by atoms with Crippen molar-refractivity contribution in [1.29, 1.82) is 0 Å². The number of hydrogen-bond donors (Lipinski definition) is 0. The quantitative estimate of drug-likeness (QED) is 0.361. The number of nitrogens with zero attached hydrogens (tertiary/aromatic N) is 2. The van der Waals surface area contributed by atoms with Crippen molar-refractivity contribution in [3.63, 3.8) is 0 Å². The fraction of sp³-hybridized carbons (Fsp3) is 1.00. The summed E-state index contributed by atoms with van der Waals surface area (Å²) in [6, 6.07) is 1.12. The van der Waals surface area contributed by atoms with Crippen molar-refractivity contribution in [3.05, 3.63) is 0 Å². The molecule has 2 aliphatic heterocycles. The summed E-state index contributed by atoms with van der Waals surface area (Å²) in [7, 11) is -2.14. The minimum atomic E-state index is -2.14. The third-order valence-electron chi connectivity index (χ3n) is 4.26. The van der Waals surface area contributed by atoms with E-state index in [0.717, 1.165) is 25.7 Å². The Morgan fingerprint density at radius 1 is 0.944 bits per heavy atom. The minimum Gasteiger partial charge on any atom is -0.289 e. The maximum atomic E-state index is 13.1. The van der Waals surface area contributed by atoms with Gasteiger partial charge in [-0.3, -0.25) is 4.57 Å². The third kappa shape index (κ3) is 3.37. The third-order valence-corrected chi connectivity index (χ3v) is 7.88. The maximum Gasteiger partial charge on any atom is 0.217 e. The van der Waals surface area contributed by atoms with Gasteiger partial charge in [0, 0.05) is 31.3 Å². The minimum absolute atomic E-state index is 0.559. The molecule has 0 aromatic carbocycles. The van der Waals surface area contributed by atoms with Gasteiger partial charge in [0.15, 0.2) is 0 Å². The highest BCUT2D eigenvalue weighted by molar-refractivity contribution is 7.59. The van der Waals surface area contributed by atoms with Crippen LogP contribution in [0, 0.1) is 0 Å². The highest BCUT2D eigenvalue weighted by atomic mass is 31.2. The van der Waals surface area contributed by atoms with Gasteiger partial charge in [0.2, 0.25) is 7.44 Å². The topological polar surface area (TPSA) is 23.1 Å². The van der Waals surface area contributed by atoms with E-state index in [2.05, 4.69) is 30.1 Å². The number of rotatable bonds is 9. The van der Waals surface area contributed by atoms with Gasteiger partial charge in [-0.2, -0.15) is 0 Å². The Hall–Kier alpha value is 0.150. The van der Waals surface area contributed by atoms with Crippen LogP contribution in [0.15, 0.2) is 0 Å². The summed E-state index contributed by atoms with van der Waals surface area (Å²) in [5, 5.41) is 0. The van der Waals surface area contributed by atoms with Gasteiger partial charge in [-0.25, -0.2) is 9.34 Å². The lowest BCUT2D eigenvalue weighted by Gasteiger charge is -2.21. The van der Waals surface area contributed by atoms with E-state index < -0.39 is 7.44 Å². The van der Waals surface area contributed by atoms with Gasteiger partial charge >= 0.3 is 0 Å². The predicted molar refractivity (Wildman–Crippen MR) is 78.2 cm³/mol. The molecule has 18 heavy (non-hydrogen) atoms.